The summed E-state index contributed by atoms with van der Waals surface area (Å²) in [6, 6.07) is 31.0. The molecule has 1 unspecified atom stereocenters. The summed E-state index contributed by atoms with van der Waals surface area (Å²) in [7, 11) is 4.34. The van der Waals surface area contributed by atoms with Gasteiger partial charge in [0.1, 0.15) is 0 Å². The molecule has 0 aliphatic rings. The van der Waals surface area contributed by atoms with Crippen LogP contribution in [0.15, 0.2) is 84.9 Å². The summed E-state index contributed by atoms with van der Waals surface area (Å²) >= 11 is 0. The first-order chi connectivity index (χ1) is 14.0. The molecule has 4 rings (SSSR count). The quantitative estimate of drug-likeness (QED) is 0.285. The first-order valence-electron chi connectivity index (χ1n) is 9.41. The second-order valence-corrected chi connectivity index (χ2v) is 7.13. The molecule has 0 aromatic heterocycles. The van der Waals surface area contributed by atoms with Crippen LogP contribution in [0.2, 0.25) is 0 Å². The molecule has 0 amide bonds. The molecule has 0 saturated carbocycles. The van der Waals surface area contributed by atoms with Gasteiger partial charge in [0.2, 0.25) is 0 Å². The average Bonchev–Trinajstić information content (AvgIpc) is 2.71. The van der Waals surface area contributed by atoms with Gasteiger partial charge in [-0.2, -0.15) is 0 Å². The van der Waals surface area contributed by atoms with Crippen molar-refractivity contribution in [2.75, 3.05) is 14.1 Å². The van der Waals surface area contributed by atoms with Gasteiger partial charge in [-0.3, -0.25) is 0 Å². The molecule has 0 saturated heterocycles. The minimum absolute atomic E-state index is 0.357. The van der Waals surface area contributed by atoms with E-state index in [9.17, 15) is 0 Å². The number of fused-ring (bicyclic) bond motifs is 2. The molecule has 5 heteroatoms. The van der Waals surface area contributed by atoms with Crippen LogP contribution in [0, 0.1) is 10.1 Å². The largest absolute Gasteiger partial charge is 0.328 e. The van der Waals surface area contributed by atoms with Gasteiger partial charge in [0, 0.05) is 6.04 Å². The zero-order valence-electron chi connectivity index (χ0n) is 16.5. The van der Waals surface area contributed by atoms with Crippen molar-refractivity contribution in [3.63, 3.8) is 0 Å². The lowest BCUT2D eigenvalue weighted by Crippen LogP contribution is -2.22. The fourth-order valence-corrected chi connectivity index (χ4v) is 3.80. The molecule has 1 atom stereocenters. The molecule has 0 fully saturated rings. The lowest BCUT2D eigenvalue weighted by atomic mass is 9.90. The highest BCUT2D eigenvalue weighted by molar-refractivity contribution is 6.02. The van der Waals surface area contributed by atoms with E-state index in [0.717, 1.165) is 6.42 Å². The summed E-state index contributed by atoms with van der Waals surface area (Å²) in [5.41, 5.74) is 2.81. The number of hydrogen-bond donors (Lipinski definition) is 1. The highest BCUT2D eigenvalue weighted by atomic mass is 16.9. The Hall–Kier alpha value is -3.44. The number of benzene rings is 4. The van der Waals surface area contributed by atoms with Crippen LogP contribution in [0.25, 0.3) is 21.5 Å². The van der Waals surface area contributed by atoms with Gasteiger partial charge in [0.15, 0.2) is 0 Å². The molecule has 0 radical (unpaired) electrons. The lowest BCUT2D eigenvalue weighted by molar-refractivity contribution is -0.742. The third kappa shape index (κ3) is 4.89. The van der Waals surface area contributed by atoms with E-state index in [-0.39, 0.29) is 0 Å². The Bertz CT molecular complexity index is 1050. The monoisotopic (exact) mass is 388 g/mol. The van der Waals surface area contributed by atoms with Gasteiger partial charge in [0.25, 0.3) is 5.09 Å². The van der Waals surface area contributed by atoms with E-state index < -0.39 is 5.09 Å². The van der Waals surface area contributed by atoms with Crippen molar-refractivity contribution in [1.82, 2.24) is 4.90 Å². The van der Waals surface area contributed by atoms with Crippen molar-refractivity contribution < 1.29 is 10.3 Å². The average molecular weight is 388 g/mol. The van der Waals surface area contributed by atoms with Crippen molar-refractivity contribution in [1.29, 1.82) is 0 Å². The van der Waals surface area contributed by atoms with Crippen LogP contribution < -0.4 is 0 Å². The maximum atomic E-state index is 8.36. The van der Waals surface area contributed by atoms with Gasteiger partial charge in [-0.05, 0) is 59.3 Å². The van der Waals surface area contributed by atoms with Crippen LogP contribution in [0.5, 0.6) is 0 Å². The van der Waals surface area contributed by atoms with E-state index in [4.69, 9.17) is 15.3 Å². The SMILES string of the molecule is CN(C)C(Cc1c2ccccc2cc2ccccc12)c1ccccc1.O=[N+]([O-])O. The third-order valence-corrected chi connectivity index (χ3v) is 5.09. The van der Waals surface area contributed by atoms with Gasteiger partial charge in [-0.1, -0.05) is 78.9 Å². The molecule has 0 bridgehead atoms. The van der Waals surface area contributed by atoms with Crippen molar-refractivity contribution in [3.8, 4) is 0 Å². The van der Waals surface area contributed by atoms with Crippen LogP contribution in [0.1, 0.15) is 17.2 Å². The first-order valence-corrected chi connectivity index (χ1v) is 9.41. The van der Waals surface area contributed by atoms with Crippen LogP contribution in [0.4, 0.5) is 0 Å². The Morgan fingerprint density at radius 1 is 0.862 bits per heavy atom. The molecule has 29 heavy (non-hydrogen) atoms. The summed E-state index contributed by atoms with van der Waals surface area (Å²) in [6.07, 6.45) is 0.999. The Morgan fingerprint density at radius 2 is 1.31 bits per heavy atom. The molecule has 0 heterocycles. The number of hydrogen-bond acceptors (Lipinski definition) is 3. The molecule has 148 valence electrons. The van der Waals surface area contributed by atoms with E-state index in [2.05, 4.69) is 104 Å². The maximum Gasteiger partial charge on any atom is 0.291 e. The molecule has 0 spiro atoms. The standard InChI is InChI=1S/C24H23N.HNO3/c1-25(2)24(18-10-4-3-5-11-18)17-23-21-14-8-6-12-19(21)16-20-13-7-9-15-22(20)23;2-1(3)4/h3-16,24H,17H2,1-2H3;(H,2,3,4). The van der Waals surface area contributed by atoms with E-state index in [1.165, 1.54) is 32.7 Å². The smallest absolute Gasteiger partial charge is 0.291 e. The van der Waals surface area contributed by atoms with E-state index in [1.807, 2.05) is 0 Å². The molecule has 5 nitrogen and oxygen atoms in total. The summed E-state index contributed by atoms with van der Waals surface area (Å²) < 4.78 is 0. The molecular weight excluding hydrogens is 364 g/mol. The van der Waals surface area contributed by atoms with Crippen LogP contribution >= 0.6 is 0 Å². The minimum Gasteiger partial charge on any atom is -0.328 e. The topological polar surface area (TPSA) is 66.6 Å². The number of nitrogens with zero attached hydrogens (tertiary/aromatic N) is 2. The fraction of sp³-hybridized carbons (Fsp3) is 0.167. The van der Waals surface area contributed by atoms with Crippen molar-refractivity contribution in [2.24, 2.45) is 0 Å². The zero-order valence-corrected chi connectivity index (χ0v) is 16.5. The molecule has 0 aliphatic carbocycles. The van der Waals surface area contributed by atoms with Crippen molar-refractivity contribution in [3.05, 3.63) is 106 Å². The van der Waals surface area contributed by atoms with Gasteiger partial charge in [0.05, 0.1) is 0 Å². The van der Waals surface area contributed by atoms with Gasteiger partial charge >= 0.3 is 0 Å². The van der Waals surface area contributed by atoms with Crippen LogP contribution in [-0.4, -0.2) is 29.3 Å². The third-order valence-electron chi connectivity index (χ3n) is 5.09. The lowest BCUT2D eigenvalue weighted by Gasteiger charge is -2.26. The molecule has 4 aromatic carbocycles. The molecule has 1 N–H and O–H groups in total. The van der Waals surface area contributed by atoms with Crippen molar-refractivity contribution >= 4 is 21.5 Å². The Labute approximate surface area is 169 Å². The second-order valence-electron chi connectivity index (χ2n) is 7.13. The summed E-state index contributed by atoms with van der Waals surface area (Å²) in [5, 5.41) is 19.0. The van der Waals surface area contributed by atoms with Crippen molar-refractivity contribution in [2.45, 2.75) is 12.5 Å². The Balaban J connectivity index is 0.000000552. The fourth-order valence-electron chi connectivity index (χ4n) is 3.80. The van der Waals surface area contributed by atoms with Crippen LogP contribution in [-0.2, 0) is 6.42 Å². The summed E-state index contributed by atoms with van der Waals surface area (Å²) in [6.45, 7) is 0. The summed E-state index contributed by atoms with van der Waals surface area (Å²) in [4.78, 5) is 10.7. The Morgan fingerprint density at radius 3 is 1.79 bits per heavy atom. The summed E-state index contributed by atoms with van der Waals surface area (Å²) in [5.74, 6) is 0. The van der Waals surface area contributed by atoms with E-state index >= 15 is 0 Å². The minimum atomic E-state index is -1.50. The predicted molar refractivity (Wildman–Crippen MR) is 117 cm³/mol. The Kier molecular flexibility index (Phi) is 6.42. The van der Waals surface area contributed by atoms with Gasteiger partial charge < -0.3 is 10.1 Å². The van der Waals surface area contributed by atoms with E-state index in [1.54, 1.807) is 0 Å². The van der Waals surface area contributed by atoms with E-state index in [0.29, 0.717) is 6.04 Å². The number of likely N-dealkylation sites (N-methyl/N-ethyl adjacent to an activating group) is 1. The van der Waals surface area contributed by atoms with Gasteiger partial charge in [-0.25, -0.2) is 0 Å². The molecular formula is C24H24N2O3. The molecule has 0 aliphatic heterocycles. The van der Waals surface area contributed by atoms with Gasteiger partial charge in [-0.15, -0.1) is 10.1 Å². The van der Waals surface area contributed by atoms with Crippen LogP contribution in [0.3, 0.4) is 0 Å². The normalized spacial score (nSPS) is 11.8. The number of rotatable bonds is 4. The second kappa shape index (κ2) is 9.17. The zero-order chi connectivity index (χ0) is 20.8. The highest BCUT2D eigenvalue weighted by Crippen LogP contribution is 2.33. The highest BCUT2D eigenvalue weighted by Gasteiger charge is 2.17. The predicted octanol–water partition coefficient (Wildman–Crippen LogP) is 5.49. The molecule has 4 aromatic rings. The first kappa shape index (κ1) is 20.3. The maximum absolute atomic E-state index is 8.36.